The lowest BCUT2D eigenvalue weighted by atomic mass is 10.0. The van der Waals surface area contributed by atoms with Gasteiger partial charge in [0.2, 0.25) is 11.8 Å². The molecule has 1 unspecified atom stereocenters. The molecule has 2 atom stereocenters. The van der Waals surface area contributed by atoms with Crippen molar-refractivity contribution in [2.75, 3.05) is 20.8 Å². The number of hydrogen-bond acceptors (Lipinski definition) is 7. The van der Waals surface area contributed by atoms with Gasteiger partial charge in [0.25, 0.3) is 5.91 Å². The molecule has 0 aliphatic carbocycles. The van der Waals surface area contributed by atoms with Crippen molar-refractivity contribution < 1.29 is 28.7 Å². The van der Waals surface area contributed by atoms with Crippen LogP contribution in [0.1, 0.15) is 28.4 Å². The fraction of sp³-hybridized carbons (Fsp3) is 0.229. The van der Waals surface area contributed by atoms with Gasteiger partial charge in [0.05, 0.1) is 38.9 Å². The molecule has 1 aromatic heterocycles. The molecule has 3 N–H and O–H groups in total. The van der Waals surface area contributed by atoms with E-state index in [0.717, 1.165) is 22.4 Å². The van der Waals surface area contributed by atoms with Crippen molar-refractivity contribution in [2.45, 2.75) is 31.8 Å². The first-order valence-electron chi connectivity index (χ1n) is 14.4. The highest BCUT2D eigenvalue weighted by Crippen LogP contribution is 2.27. The Morgan fingerprint density at radius 2 is 1.51 bits per heavy atom. The van der Waals surface area contributed by atoms with E-state index in [9.17, 15) is 19.2 Å². The number of methoxy groups -OCH3 is 2. The maximum Gasteiger partial charge on any atom is 0.252 e. The smallest absolute Gasteiger partial charge is 0.252 e. The average molecular weight is 609 g/mol. The topological polar surface area (TPSA) is 136 Å². The molecular weight excluding hydrogens is 572 g/mol. The monoisotopic (exact) mass is 608 g/mol. The van der Waals surface area contributed by atoms with Gasteiger partial charge in [-0.15, -0.1) is 0 Å². The van der Waals surface area contributed by atoms with Crippen LogP contribution in [0, 0.1) is 0 Å². The molecule has 0 aliphatic heterocycles. The molecule has 0 spiro atoms. The summed E-state index contributed by atoms with van der Waals surface area (Å²) in [7, 11) is 2.96. The number of benzene rings is 3. The van der Waals surface area contributed by atoms with Gasteiger partial charge in [0.15, 0.2) is 17.3 Å². The zero-order valence-electron chi connectivity index (χ0n) is 25.4. The van der Waals surface area contributed by atoms with E-state index >= 15 is 0 Å². The molecule has 1 heterocycles. The van der Waals surface area contributed by atoms with E-state index in [0.29, 0.717) is 11.5 Å². The summed E-state index contributed by atoms with van der Waals surface area (Å²) in [6.45, 7) is 1.24. The summed E-state index contributed by atoms with van der Waals surface area (Å²) < 4.78 is 10.5. The summed E-state index contributed by atoms with van der Waals surface area (Å²) in [4.78, 5) is 56.4. The van der Waals surface area contributed by atoms with Crippen LogP contribution < -0.4 is 25.4 Å². The summed E-state index contributed by atoms with van der Waals surface area (Å²) in [5, 5.41) is 8.10. The minimum atomic E-state index is -0.975. The number of ether oxygens (including phenoxy) is 2. The van der Waals surface area contributed by atoms with Gasteiger partial charge in [0.1, 0.15) is 6.04 Å². The normalized spacial score (nSPS) is 11.9. The van der Waals surface area contributed by atoms with Crippen LogP contribution in [0.2, 0.25) is 0 Å². The molecular formula is C35H36N4O6. The molecule has 10 nitrogen and oxygen atoms in total. The number of aromatic nitrogens is 1. The van der Waals surface area contributed by atoms with Crippen molar-refractivity contribution in [3.8, 4) is 22.8 Å². The second-order valence-corrected chi connectivity index (χ2v) is 10.4. The van der Waals surface area contributed by atoms with Crippen molar-refractivity contribution >= 4 is 23.5 Å². The average Bonchev–Trinajstić information content (AvgIpc) is 3.07. The number of nitrogens with zero attached hydrogens (tertiary/aromatic N) is 1. The van der Waals surface area contributed by atoms with Crippen LogP contribution >= 0.6 is 0 Å². The zero-order valence-corrected chi connectivity index (χ0v) is 25.4. The number of amides is 3. The van der Waals surface area contributed by atoms with Crippen LogP contribution in [0.3, 0.4) is 0 Å². The number of hydrogen-bond donors (Lipinski definition) is 3. The van der Waals surface area contributed by atoms with Crippen molar-refractivity contribution in [3.63, 3.8) is 0 Å². The SMILES string of the molecule is COc1ccc(C(=O)N[C@@H](Cc2ccccc2)C(=O)NCC(=O)C(C)NC(=O)Cc2cccc(-c3ccccn3)c2)cc1OC. The van der Waals surface area contributed by atoms with Crippen LogP contribution in [0.25, 0.3) is 11.3 Å². The lowest BCUT2D eigenvalue weighted by Crippen LogP contribution is -2.51. The number of carbonyl (C=O) groups excluding carboxylic acids is 4. The van der Waals surface area contributed by atoms with Gasteiger partial charge >= 0.3 is 0 Å². The molecule has 0 fully saturated rings. The van der Waals surface area contributed by atoms with Crippen molar-refractivity contribution in [1.82, 2.24) is 20.9 Å². The van der Waals surface area contributed by atoms with Gasteiger partial charge < -0.3 is 25.4 Å². The second kappa shape index (κ2) is 15.8. The molecule has 232 valence electrons. The van der Waals surface area contributed by atoms with E-state index < -0.39 is 23.9 Å². The van der Waals surface area contributed by atoms with E-state index in [1.807, 2.05) is 72.8 Å². The number of pyridine rings is 1. The fourth-order valence-corrected chi connectivity index (χ4v) is 4.66. The number of carbonyl (C=O) groups is 4. The first-order chi connectivity index (χ1) is 21.8. The van der Waals surface area contributed by atoms with Gasteiger partial charge in [-0.05, 0) is 54.4 Å². The maximum atomic E-state index is 13.3. The minimum absolute atomic E-state index is 0.0754. The van der Waals surface area contributed by atoms with Crippen LogP contribution in [0.5, 0.6) is 11.5 Å². The Labute approximate surface area is 262 Å². The highest BCUT2D eigenvalue weighted by molar-refractivity contribution is 5.99. The number of ketones is 1. The number of Topliss-reactive ketones (excluding diaryl/α,β-unsaturated/α-hetero) is 1. The largest absolute Gasteiger partial charge is 0.493 e. The van der Waals surface area contributed by atoms with Gasteiger partial charge in [-0.2, -0.15) is 0 Å². The third-order valence-electron chi connectivity index (χ3n) is 7.10. The maximum absolute atomic E-state index is 13.3. The molecule has 0 aliphatic rings. The molecule has 0 saturated heterocycles. The molecule has 0 saturated carbocycles. The molecule has 10 heteroatoms. The molecule has 3 amide bonds. The van der Waals surface area contributed by atoms with Gasteiger partial charge in [-0.25, -0.2) is 0 Å². The van der Waals surface area contributed by atoms with E-state index in [1.165, 1.54) is 20.3 Å². The van der Waals surface area contributed by atoms with Crippen molar-refractivity contribution in [3.05, 3.63) is 114 Å². The van der Waals surface area contributed by atoms with Crippen LogP contribution in [0.4, 0.5) is 0 Å². The first-order valence-corrected chi connectivity index (χ1v) is 14.4. The third kappa shape index (κ3) is 9.24. The Morgan fingerprint density at radius 3 is 2.22 bits per heavy atom. The van der Waals surface area contributed by atoms with Crippen molar-refractivity contribution in [2.24, 2.45) is 0 Å². The lowest BCUT2D eigenvalue weighted by molar-refractivity contribution is -0.128. The van der Waals surface area contributed by atoms with Gasteiger partial charge in [0, 0.05) is 23.7 Å². The molecule has 45 heavy (non-hydrogen) atoms. The Hall–Kier alpha value is -5.51. The van der Waals surface area contributed by atoms with Crippen molar-refractivity contribution in [1.29, 1.82) is 0 Å². The van der Waals surface area contributed by atoms with Crippen LogP contribution in [-0.4, -0.2) is 61.3 Å². The molecule has 4 rings (SSSR count). The van der Waals surface area contributed by atoms with Crippen LogP contribution in [-0.2, 0) is 27.2 Å². The highest BCUT2D eigenvalue weighted by Gasteiger charge is 2.24. The fourth-order valence-electron chi connectivity index (χ4n) is 4.66. The molecule has 4 aromatic rings. The Bertz CT molecular complexity index is 1630. The number of nitrogens with one attached hydrogen (secondary N) is 3. The molecule has 3 aromatic carbocycles. The minimum Gasteiger partial charge on any atom is -0.493 e. The Morgan fingerprint density at radius 1 is 0.778 bits per heavy atom. The second-order valence-electron chi connectivity index (χ2n) is 10.4. The molecule has 0 bridgehead atoms. The quantitative estimate of drug-likeness (QED) is 0.199. The Balaban J connectivity index is 1.35. The van der Waals surface area contributed by atoms with E-state index in [4.69, 9.17) is 9.47 Å². The first kappa shape index (κ1) is 32.4. The van der Waals surface area contributed by atoms with Crippen LogP contribution in [0.15, 0.2) is 97.2 Å². The zero-order chi connectivity index (χ0) is 32.2. The summed E-state index contributed by atoms with van der Waals surface area (Å²) in [6.07, 6.45) is 1.98. The van der Waals surface area contributed by atoms with E-state index in [1.54, 1.807) is 25.3 Å². The van der Waals surface area contributed by atoms with E-state index in [2.05, 4.69) is 20.9 Å². The van der Waals surface area contributed by atoms with Gasteiger partial charge in [-0.1, -0.05) is 54.6 Å². The predicted molar refractivity (Wildman–Crippen MR) is 170 cm³/mol. The van der Waals surface area contributed by atoms with E-state index in [-0.39, 0.29) is 36.6 Å². The third-order valence-corrected chi connectivity index (χ3v) is 7.10. The Kier molecular flexibility index (Phi) is 11.4. The summed E-state index contributed by atoms with van der Waals surface area (Å²) in [6, 6.07) is 25.2. The summed E-state index contributed by atoms with van der Waals surface area (Å²) in [5.41, 5.74) is 3.55. The summed E-state index contributed by atoms with van der Waals surface area (Å²) in [5.74, 6) is -0.910. The molecule has 0 radical (unpaired) electrons. The van der Waals surface area contributed by atoms with Gasteiger partial charge in [-0.3, -0.25) is 24.2 Å². The lowest BCUT2D eigenvalue weighted by Gasteiger charge is -2.20. The predicted octanol–water partition coefficient (Wildman–Crippen LogP) is 3.54. The highest BCUT2D eigenvalue weighted by atomic mass is 16.5. The standard InChI is InChI=1S/C35H36N4O6/c1-23(38-33(41)20-25-12-9-13-26(18-25)28-14-7-8-17-36-28)30(40)22-37-35(43)29(19-24-10-5-4-6-11-24)39-34(42)27-15-16-31(44-2)32(21-27)45-3/h4-18,21,23,29H,19-20,22H2,1-3H3,(H,37,43)(H,38,41)(H,39,42)/t23?,29-/m0/s1. The summed E-state index contributed by atoms with van der Waals surface area (Å²) >= 11 is 0. The number of rotatable bonds is 14.